The number of aliphatic hydroxyl groups excluding tert-OH is 1. The summed E-state index contributed by atoms with van der Waals surface area (Å²) in [6.07, 6.45) is 0. The first-order chi connectivity index (χ1) is 16.4. The van der Waals surface area contributed by atoms with Crippen molar-refractivity contribution < 1.29 is 27.9 Å². The SMILES string of the molecule is Cc1ccc(C(C)(C)C)cc1/C(O)=C1\C(=O)C(=O)N(c2cc(F)ccc2F)C1c1ccc(F)cc1. The minimum absolute atomic E-state index is 0.250. The Kier molecular flexibility index (Phi) is 6.05. The second-order valence-corrected chi connectivity index (χ2v) is 9.60. The minimum atomic E-state index is -1.30. The first-order valence-electron chi connectivity index (χ1n) is 11.0. The van der Waals surface area contributed by atoms with Gasteiger partial charge in [0.2, 0.25) is 0 Å². The molecule has 4 nitrogen and oxygen atoms in total. The summed E-state index contributed by atoms with van der Waals surface area (Å²) < 4.78 is 42.5. The molecule has 1 N–H and O–H groups in total. The van der Waals surface area contributed by atoms with Crippen molar-refractivity contribution in [2.24, 2.45) is 0 Å². The zero-order valence-electron chi connectivity index (χ0n) is 19.7. The third kappa shape index (κ3) is 4.34. The van der Waals surface area contributed by atoms with Gasteiger partial charge in [-0.1, -0.05) is 45.0 Å². The number of benzene rings is 3. The summed E-state index contributed by atoms with van der Waals surface area (Å²) in [6, 6.07) is 11.6. The summed E-state index contributed by atoms with van der Waals surface area (Å²) >= 11 is 0. The zero-order chi connectivity index (χ0) is 25.7. The maximum absolute atomic E-state index is 14.8. The van der Waals surface area contributed by atoms with Gasteiger partial charge in [0.1, 0.15) is 23.2 Å². The maximum Gasteiger partial charge on any atom is 0.300 e. The van der Waals surface area contributed by atoms with E-state index in [9.17, 15) is 27.9 Å². The Balaban J connectivity index is 2.01. The van der Waals surface area contributed by atoms with Gasteiger partial charge in [-0.15, -0.1) is 0 Å². The topological polar surface area (TPSA) is 57.6 Å². The molecule has 1 saturated heterocycles. The fraction of sp³-hybridized carbons (Fsp3) is 0.214. The molecule has 0 radical (unpaired) electrons. The molecule has 1 fully saturated rings. The molecular formula is C28H24F3NO3. The molecule has 0 aliphatic carbocycles. The summed E-state index contributed by atoms with van der Waals surface area (Å²) in [4.78, 5) is 27.2. The van der Waals surface area contributed by atoms with Crippen LogP contribution in [0, 0.1) is 24.4 Å². The van der Waals surface area contributed by atoms with Crippen molar-refractivity contribution in [3.8, 4) is 0 Å². The van der Waals surface area contributed by atoms with Crippen LogP contribution in [0.3, 0.4) is 0 Å². The Morgan fingerprint density at radius 1 is 0.886 bits per heavy atom. The smallest absolute Gasteiger partial charge is 0.300 e. The van der Waals surface area contributed by atoms with Crippen molar-refractivity contribution in [1.82, 2.24) is 0 Å². The molecule has 1 aliphatic rings. The number of ketones is 1. The summed E-state index contributed by atoms with van der Waals surface area (Å²) in [5.41, 5.74) is 1.10. The molecule has 0 bridgehead atoms. The van der Waals surface area contributed by atoms with Gasteiger partial charge in [-0.2, -0.15) is 0 Å². The van der Waals surface area contributed by atoms with Crippen LogP contribution in [0.4, 0.5) is 18.9 Å². The quantitative estimate of drug-likeness (QED) is 0.271. The van der Waals surface area contributed by atoms with Gasteiger partial charge >= 0.3 is 0 Å². The molecule has 1 aliphatic heterocycles. The molecule has 0 aromatic heterocycles. The van der Waals surface area contributed by atoms with Gasteiger partial charge in [-0.25, -0.2) is 13.2 Å². The first kappa shape index (κ1) is 24.3. The van der Waals surface area contributed by atoms with Gasteiger partial charge in [0.05, 0.1) is 17.3 Å². The number of aliphatic hydroxyl groups is 1. The van der Waals surface area contributed by atoms with E-state index in [1.165, 1.54) is 12.1 Å². The van der Waals surface area contributed by atoms with E-state index < -0.39 is 46.6 Å². The number of anilines is 1. The molecule has 0 saturated carbocycles. The molecular weight excluding hydrogens is 455 g/mol. The highest BCUT2D eigenvalue weighted by Crippen LogP contribution is 2.43. The van der Waals surface area contributed by atoms with Crippen LogP contribution in [0.1, 0.15) is 49.1 Å². The number of Topliss-reactive ketones (excluding diaryl/α,β-unsaturated/α-hetero) is 1. The van der Waals surface area contributed by atoms with E-state index in [2.05, 4.69) is 0 Å². The molecule has 7 heteroatoms. The lowest BCUT2D eigenvalue weighted by Crippen LogP contribution is -2.30. The second-order valence-electron chi connectivity index (χ2n) is 9.60. The summed E-state index contributed by atoms with van der Waals surface area (Å²) in [5.74, 6) is -4.92. The average molecular weight is 479 g/mol. The molecule has 180 valence electrons. The van der Waals surface area contributed by atoms with E-state index in [1.54, 1.807) is 19.1 Å². The standard InChI is InChI=1S/C28H24F3NO3/c1-15-5-8-17(28(2,3)4)13-20(15)25(33)23-24(16-6-9-18(29)10-7-16)32(27(35)26(23)34)22-14-19(30)11-12-21(22)31/h5-14,24,33H,1-4H3/b25-23+. The molecule has 1 amide bonds. The molecule has 3 aromatic rings. The monoisotopic (exact) mass is 479 g/mol. The van der Waals surface area contributed by atoms with Crippen molar-refractivity contribution in [1.29, 1.82) is 0 Å². The Morgan fingerprint density at radius 2 is 1.51 bits per heavy atom. The number of hydrogen-bond acceptors (Lipinski definition) is 3. The Hall–Kier alpha value is -3.87. The Bertz CT molecular complexity index is 1370. The Labute approximate surface area is 201 Å². The minimum Gasteiger partial charge on any atom is -0.507 e. The van der Waals surface area contributed by atoms with Crippen LogP contribution in [0.2, 0.25) is 0 Å². The number of halogens is 3. The molecule has 0 spiro atoms. The lowest BCUT2D eigenvalue weighted by molar-refractivity contribution is -0.132. The number of aryl methyl sites for hydroxylation is 1. The highest BCUT2D eigenvalue weighted by molar-refractivity contribution is 6.51. The summed E-state index contributed by atoms with van der Waals surface area (Å²) in [5, 5.41) is 11.4. The van der Waals surface area contributed by atoms with Crippen molar-refractivity contribution in [3.63, 3.8) is 0 Å². The predicted octanol–water partition coefficient (Wildman–Crippen LogP) is 6.34. The van der Waals surface area contributed by atoms with Crippen LogP contribution in [0.5, 0.6) is 0 Å². The molecule has 1 unspecified atom stereocenters. The van der Waals surface area contributed by atoms with E-state index in [4.69, 9.17) is 0 Å². The van der Waals surface area contributed by atoms with Gasteiger partial charge in [-0.3, -0.25) is 14.5 Å². The normalized spacial score (nSPS) is 17.8. The third-order valence-electron chi connectivity index (χ3n) is 6.16. The van der Waals surface area contributed by atoms with E-state index in [1.807, 2.05) is 26.8 Å². The van der Waals surface area contributed by atoms with E-state index in [0.29, 0.717) is 11.1 Å². The van der Waals surface area contributed by atoms with Crippen molar-refractivity contribution in [2.45, 2.75) is 39.2 Å². The lowest BCUT2D eigenvalue weighted by Gasteiger charge is -2.26. The van der Waals surface area contributed by atoms with Crippen molar-refractivity contribution in [3.05, 3.63) is 106 Å². The molecule has 35 heavy (non-hydrogen) atoms. The van der Waals surface area contributed by atoms with Crippen LogP contribution in [0.15, 0.2) is 66.2 Å². The predicted molar refractivity (Wildman–Crippen MR) is 127 cm³/mol. The summed E-state index contributed by atoms with van der Waals surface area (Å²) in [7, 11) is 0. The fourth-order valence-corrected chi connectivity index (χ4v) is 4.20. The van der Waals surface area contributed by atoms with E-state index in [-0.39, 0.29) is 16.6 Å². The van der Waals surface area contributed by atoms with Crippen molar-refractivity contribution >= 4 is 23.1 Å². The van der Waals surface area contributed by atoms with E-state index >= 15 is 0 Å². The zero-order valence-corrected chi connectivity index (χ0v) is 19.7. The highest BCUT2D eigenvalue weighted by atomic mass is 19.1. The second kappa shape index (κ2) is 8.73. The van der Waals surface area contributed by atoms with E-state index in [0.717, 1.165) is 40.8 Å². The third-order valence-corrected chi connectivity index (χ3v) is 6.16. The molecule has 1 heterocycles. The van der Waals surface area contributed by atoms with Gasteiger partial charge in [0.15, 0.2) is 0 Å². The van der Waals surface area contributed by atoms with Crippen LogP contribution in [-0.4, -0.2) is 16.8 Å². The van der Waals surface area contributed by atoms with Gasteiger partial charge < -0.3 is 5.11 Å². The van der Waals surface area contributed by atoms with Crippen LogP contribution in [-0.2, 0) is 15.0 Å². The lowest BCUT2D eigenvalue weighted by atomic mass is 9.84. The van der Waals surface area contributed by atoms with Crippen LogP contribution in [0.25, 0.3) is 5.76 Å². The number of nitrogens with zero attached hydrogens (tertiary/aromatic N) is 1. The van der Waals surface area contributed by atoms with Crippen LogP contribution < -0.4 is 4.90 Å². The molecule has 4 rings (SSSR count). The number of carbonyl (C=O) groups is 2. The number of rotatable bonds is 3. The summed E-state index contributed by atoms with van der Waals surface area (Å²) in [6.45, 7) is 7.72. The number of amides is 1. The largest absolute Gasteiger partial charge is 0.507 e. The van der Waals surface area contributed by atoms with Gasteiger partial charge in [0, 0.05) is 11.6 Å². The highest BCUT2D eigenvalue weighted by Gasteiger charge is 2.48. The van der Waals surface area contributed by atoms with Gasteiger partial charge in [0.25, 0.3) is 11.7 Å². The van der Waals surface area contributed by atoms with Crippen LogP contribution >= 0.6 is 0 Å². The first-order valence-corrected chi connectivity index (χ1v) is 11.0. The van der Waals surface area contributed by atoms with Gasteiger partial charge in [-0.05, 0) is 59.4 Å². The van der Waals surface area contributed by atoms with Crippen molar-refractivity contribution in [2.75, 3.05) is 4.90 Å². The molecule has 1 atom stereocenters. The number of carbonyl (C=O) groups excluding carboxylic acids is 2. The number of hydrogen-bond donors (Lipinski definition) is 1. The maximum atomic E-state index is 14.8. The molecule has 3 aromatic carbocycles. The fourth-order valence-electron chi connectivity index (χ4n) is 4.20. The average Bonchev–Trinajstić information content (AvgIpc) is 3.05. The Morgan fingerprint density at radius 3 is 2.14 bits per heavy atom.